The Morgan fingerprint density at radius 3 is 2.68 bits per heavy atom. The average Bonchev–Trinajstić information content (AvgIpc) is 2.37. The van der Waals surface area contributed by atoms with Gasteiger partial charge in [-0.25, -0.2) is 4.98 Å². The Kier molecular flexibility index (Phi) is 6.49. The van der Waals surface area contributed by atoms with Gasteiger partial charge in [-0.2, -0.15) is 0 Å². The summed E-state index contributed by atoms with van der Waals surface area (Å²) in [7, 11) is 0. The highest BCUT2D eigenvalue weighted by molar-refractivity contribution is 9.10. The zero-order valence-corrected chi connectivity index (χ0v) is 13.6. The lowest BCUT2D eigenvalue weighted by Crippen LogP contribution is -2.34. The Morgan fingerprint density at radius 2 is 2.11 bits per heavy atom. The second-order valence-corrected chi connectivity index (χ2v) is 6.49. The first kappa shape index (κ1) is 16.2. The molecule has 0 atom stereocenters. The lowest BCUT2D eigenvalue weighted by molar-refractivity contribution is 0.0933. The van der Waals surface area contributed by atoms with E-state index in [0.29, 0.717) is 12.1 Å². The van der Waals surface area contributed by atoms with Crippen LogP contribution in [0, 0.1) is 5.41 Å². The molecule has 0 fully saturated rings. The molecular formula is C15H23BrN2O. The molecule has 1 N–H and O–H groups in total. The number of unbranched alkanes of at least 4 members (excludes halogenated alkanes) is 2. The van der Waals surface area contributed by atoms with Crippen molar-refractivity contribution < 1.29 is 4.79 Å². The third-order valence-electron chi connectivity index (χ3n) is 3.17. The third kappa shape index (κ3) is 6.19. The minimum Gasteiger partial charge on any atom is -0.351 e. The Bertz CT molecular complexity index is 401. The molecule has 0 aliphatic heterocycles. The fraction of sp³-hybridized carbons (Fsp3) is 0.600. The summed E-state index contributed by atoms with van der Waals surface area (Å²) in [6.07, 6.45) is 6.43. The summed E-state index contributed by atoms with van der Waals surface area (Å²) in [5.41, 5.74) is 0.751. The van der Waals surface area contributed by atoms with E-state index < -0.39 is 0 Å². The maximum absolute atomic E-state index is 12.0. The van der Waals surface area contributed by atoms with Crippen molar-refractivity contribution in [2.45, 2.75) is 46.5 Å². The van der Waals surface area contributed by atoms with Gasteiger partial charge in [-0.1, -0.05) is 40.0 Å². The summed E-state index contributed by atoms with van der Waals surface area (Å²) >= 11 is 3.26. The Balaban J connectivity index is 2.42. The summed E-state index contributed by atoms with van der Waals surface area (Å²) in [4.78, 5) is 16.0. The number of carbonyl (C=O) groups excluding carboxylic acids is 1. The van der Waals surface area contributed by atoms with Crippen LogP contribution in [-0.4, -0.2) is 17.4 Å². The number of hydrogen-bond donors (Lipinski definition) is 1. The van der Waals surface area contributed by atoms with Gasteiger partial charge in [-0.3, -0.25) is 4.79 Å². The molecule has 4 heteroatoms. The fourth-order valence-electron chi connectivity index (χ4n) is 1.87. The molecule has 0 unspecified atom stereocenters. The van der Waals surface area contributed by atoms with Crippen LogP contribution in [0.1, 0.15) is 56.8 Å². The molecule has 0 aliphatic carbocycles. The van der Waals surface area contributed by atoms with E-state index in [0.717, 1.165) is 11.0 Å². The molecule has 106 valence electrons. The van der Waals surface area contributed by atoms with Gasteiger partial charge in [0, 0.05) is 12.7 Å². The predicted octanol–water partition coefficient (Wildman–Crippen LogP) is 4.18. The Morgan fingerprint density at radius 1 is 1.37 bits per heavy atom. The molecule has 1 heterocycles. The van der Waals surface area contributed by atoms with Gasteiger partial charge in [0.1, 0.15) is 4.60 Å². The number of aromatic nitrogens is 1. The van der Waals surface area contributed by atoms with Gasteiger partial charge >= 0.3 is 0 Å². The van der Waals surface area contributed by atoms with E-state index in [1.54, 1.807) is 18.3 Å². The molecule has 0 spiro atoms. The first-order chi connectivity index (χ1) is 8.94. The van der Waals surface area contributed by atoms with E-state index >= 15 is 0 Å². The van der Waals surface area contributed by atoms with Gasteiger partial charge in [0.05, 0.1) is 5.56 Å². The van der Waals surface area contributed by atoms with Gasteiger partial charge in [0.15, 0.2) is 0 Å². The molecule has 0 radical (unpaired) electrons. The second kappa shape index (κ2) is 7.63. The van der Waals surface area contributed by atoms with Gasteiger partial charge in [0.2, 0.25) is 0 Å². The SMILES string of the molecule is CCCCCC(C)(C)CNC(=O)c1ccc(Br)nc1. The van der Waals surface area contributed by atoms with Crippen LogP contribution < -0.4 is 5.32 Å². The number of pyridine rings is 1. The highest BCUT2D eigenvalue weighted by Crippen LogP contribution is 2.22. The van der Waals surface area contributed by atoms with Crippen LogP contribution in [0.15, 0.2) is 22.9 Å². The number of amides is 1. The largest absolute Gasteiger partial charge is 0.351 e. The number of carbonyl (C=O) groups is 1. The number of rotatable bonds is 7. The summed E-state index contributed by atoms with van der Waals surface area (Å²) in [5.74, 6) is -0.0523. The number of hydrogen-bond acceptors (Lipinski definition) is 2. The zero-order chi connectivity index (χ0) is 14.3. The predicted molar refractivity (Wildman–Crippen MR) is 82.2 cm³/mol. The molecule has 3 nitrogen and oxygen atoms in total. The molecule has 0 saturated heterocycles. The summed E-state index contributed by atoms with van der Waals surface area (Å²) < 4.78 is 0.740. The number of nitrogens with one attached hydrogen (secondary N) is 1. The zero-order valence-electron chi connectivity index (χ0n) is 12.0. The van der Waals surface area contributed by atoms with E-state index in [-0.39, 0.29) is 11.3 Å². The van der Waals surface area contributed by atoms with Crippen LogP contribution in [0.5, 0.6) is 0 Å². The van der Waals surface area contributed by atoms with Gasteiger partial charge in [-0.05, 0) is 39.9 Å². The highest BCUT2D eigenvalue weighted by Gasteiger charge is 2.18. The molecular weight excluding hydrogens is 304 g/mol. The molecule has 1 amide bonds. The Hall–Kier alpha value is -0.900. The lowest BCUT2D eigenvalue weighted by Gasteiger charge is -2.24. The van der Waals surface area contributed by atoms with Crippen molar-refractivity contribution >= 4 is 21.8 Å². The molecule has 1 aromatic rings. The smallest absolute Gasteiger partial charge is 0.252 e. The van der Waals surface area contributed by atoms with E-state index in [4.69, 9.17) is 0 Å². The molecule has 19 heavy (non-hydrogen) atoms. The van der Waals surface area contributed by atoms with Crippen molar-refractivity contribution in [3.05, 3.63) is 28.5 Å². The maximum Gasteiger partial charge on any atom is 0.252 e. The lowest BCUT2D eigenvalue weighted by atomic mass is 9.87. The first-order valence-corrected chi connectivity index (χ1v) is 7.64. The fourth-order valence-corrected chi connectivity index (χ4v) is 2.11. The van der Waals surface area contributed by atoms with Crippen LogP contribution in [0.4, 0.5) is 0 Å². The first-order valence-electron chi connectivity index (χ1n) is 6.84. The minimum absolute atomic E-state index is 0.0523. The quantitative estimate of drug-likeness (QED) is 0.603. The van der Waals surface area contributed by atoms with E-state index in [9.17, 15) is 4.79 Å². The van der Waals surface area contributed by atoms with Crippen molar-refractivity contribution in [2.24, 2.45) is 5.41 Å². The van der Waals surface area contributed by atoms with Gasteiger partial charge in [-0.15, -0.1) is 0 Å². The van der Waals surface area contributed by atoms with Crippen molar-refractivity contribution in [1.82, 2.24) is 10.3 Å². The van der Waals surface area contributed by atoms with E-state index in [1.807, 2.05) is 0 Å². The summed E-state index contributed by atoms with van der Waals surface area (Å²) in [5, 5.41) is 2.99. The molecule has 0 saturated carbocycles. The number of halogens is 1. The number of nitrogens with zero attached hydrogens (tertiary/aromatic N) is 1. The molecule has 1 aromatic heterocycles. The molecule has 0 aliphatic rings. The average molecular weight is 327 g/mol. The van der Waals surface area contributed by atoms with Crippen molar-refractivity contribution in [3.63, 3.8) is 0 Å². The van der Waals surface area contributed by atoms with Crippen LogP contribution in [-0.2, 0) is 0 Å². The normalized spacial score (nSPS) is 11.4. The van der Waals surface area contributed by atoms with Crippen LogP contribution in [0.3, 0.4) is 0 Å². The van der Waals surface area contributed by atoms with Crippen LogP contribution >= 0.6 is 15.9 Å². The van der Waals surface area contributed by atoms with E-state index in [1.165, 1.54) is 19.3 Å². The molecule has 0 bridgehead atoms. The second-order valence-electron chi connectivity index (χ2n) is 5.67. The Labute approximate surface area is 124 Å². The van der Waals surface area contributed by atoms with Crippen molar-refractivity contribution in [1.29, 1.82) is 0 Å². The monoisotopic (exact) mass is 326 g/mol. The third-order valence-corrected chi connectivity index (χ3v) is 3.64. The molecule has 0 aromatic carbocycles. The van der Waals surface area contributed by atoms with E-state index in [2.05, 4.69) is 47.0 Å². The summed E-state index contributed by atoms with van der Waals surface area (Å²) in [6, 6.07) is 3.55. The van der Waals surface area contributed by atoms with Gasteiger partial charge < -0.3 is 5.32 Å². The standard InChI is InChI=1S/C15H23BrN2O/c1-4-5-6-9-15(2,3)11-18-14(19)12-7-8-13(16)17-10-12/h7-8,10H,4-6,9,11H2,1-3H3,(H,18,19). The highest BCUT2D eigenvalue weighted by atomic mass is 79.9. The molecule has 1 rings (SSSR count). The minimum atomic E-state index is -0.0523. The van der Waals surface area contributed by atoms with Gasteiger partial charge in [0.25, 0.3) is 5.91 Å². The van der Waals surface area contributed by atoms with Crippen LogP contribution in [0.25, 0.3) is 0 Å². The topological polar surface area (TPSA) is 42.0 Å². The van der Waals surface area contributed by atoms with Crippen molar-refractivity contribution in [2.75, 3.05) is 6.54 Å². The maximum atomic E-state index is 12.0. The van der Waals surface area contributed by atoms with Crippen molar-refractivity contribution in [3.8, 4) is 0 Å². The van der Waals surface area contributed by atoms with Crippen LogP contribution in [0.2, 0.25) is 0 Å². The summed E-state index contributed by atoms with van der Waals surface area (Å²) in [6.45, 7) is 7.30.